The highest BCUT2D eigenvalue weighted by molar-refractivity contribution is 5.95. The van der Waals surface area contributed by atoms with Crippen LogP contribution < -0.4 is 10.6 Å². The van der Waals surface area contributed by atoms with Gasteiger partial charge in [0.05, 0.1) is 11.0 Å². The van der Waals surface area contributed by atoms with E-state index >= 15 is 0 Å². The maximum atomic E-state index is 4.95. The molecule has 30 heavy (non-hydrogen) atoms. The first-order chi connectivity index (χ1) is 14.7. The average molecular weight is 408 g/mol. The molecule has 0 aliphatic rings. The van der Waals surface area contributed by atoms with E-state index in [2.05, 4.69) is 90.6 Å². The fourth-order valence-corrected chi connectivity index (χ4v) is 3.84. The zero-order valence-electron chi connectivity index (χ0n) is 19.0. The van der Waals surface area contributed by atoms with Gasteiger partial charge in [-0.25, -0.2) is 4.98 Å². The van der Waals surface area contributed by atoms with Gasteiger partial charge in [0.15, 0.2) is 0 Å². The minimum absolute atomic E-state index is 0.946. The predicted octanol–water partition coefficient (Wildman–Crippen LogP) is 4.90. The molecule has 2 aromatic carbocycles. The van der Waals surface area contributed by atoms with Gasteiger partial charge < -0.3 is 20.4 Å². The van der Waals surface area contributed by atoms with Crippen molar-refractivity contribution in [2.45, 2.75) is 27.7 Å². The lowest BCUT2D eigenvalue weighted by Crippen LogP contribution is -2.28. The first kappa shape index (κ1) is 22.3. The van der Waals surface area contributed by atoms with Gasteiger partial charge in [-0.1, -0.05) is 39.8 Å². The predicted molar refractivity (Wildman–Crippen MR) is 132 cm³/mol. The lowest BCUT2D eigenvalue weighted by Gasteiger charge is -2.18. The van der Waals surface area contributed by atoms with Crippen LogP contribution in [0.25, 0.3) is 21.8 Å². The molecule has 0 amide bonds. The number of aromatic nitrogens is 1. The highest BCUT2D eigenvalue weighted by Gasteiger charge is 2.05. The number of anilines is 2. The van der Waals surface area contributed by atoms with Gasteiger partial charge in [-0.15, -0.1) is 0 Å². The van der Waals surface area contributed by atoms with Crippen LogP contribution in [0.3, 0.4) is 0 Å². The summed E-state index contributed by atoms with van der Waals surface area (Å²) in [4.78, 5) is 9.80. The summed E-state index contributed by atoms with van der Waals surface area (Å²) in [6.45, 7) is 17.2. The average Bonchev–Trinajstić information content (AvgIpc) is 2.78. The number of benzene rings is 2. The third-order valence-electron chi connectivity index (χ3n) is 5.92. The molecule has 0 aliphatic carbocycles. The van der Waals surface area contributed by atoms with Crippen LogP contribution in [0.1, 0.15) is 27.7 Å². The molecule has 0 fully saturated rings. The first-order valence-electron chi connectivity index (χ1n) is 11.4. The highest BCUT2D eigenvalue weighted by Crippen LogP contribution is 2.24. The Balaban J connectivity index is 1.70. The van der Waals surface area contributed by atoms with Crippen LogP contribution in [0.15, 0.2) is 42.5 Å². The Morgan fingerprint density at radius 3 is 1.47 bits per heavy atom. The normalized spacial score (nSPS) is 11.7. The van der Waals surface area contributed by atoms with Gasteiger partial charge >= 0.3 is 0 Å². The maximum absolute atomic E-state index is 4.95. The SMILES string of the molecule is CCN(CC)CCNc1ccc2cc3ccc(NCCN(CC)CC)cc3nc2c1. The molecule has 5 nitrogen and oxygen atoms in total. The van der Waals surface area contributed by atoms with Crippen molar-refractivity contribution in [3.05, 3.63) is 42.5 Å². The Morgan fingerprint density at radius 2 is 1.07 bits per heavy atom. The van der Waals surface area contributed by atoms with Gasteiger partial charge in [0.25, 0.3) is 0 Å². The molecule has 1 aromatic heterocycles. The second kappa shape index (κ2) is 11.1. The molecule has 3 rings (SSSR count). The quantitative estimate of drug-likeness (QED) is 0.418. The highest BCUT2D eigenvalue weighted by atomic mass is 15.1. The molecule has 0 atom stereocenters. The Labute approximate surface area is 181 Å². The summed E-state index contributed by atoms with van der Waals surface area (Å²) in [7, 11) is 0. The Morgan fingerprint density at radius 1 is 0.633 bits per heavy atom. The van der Waals surface area contributed by atoms with Gasteiger partial charge in [0, 0.05) is 48.3 Å². The minimum Gasteiger partial charge on any atom is -0.384 e. The van der Waals surface area contributed by atoms with Gasteiger partial charge in [-0.3, -0.25) is 0 Å². The zero-order valence-corrected chi connectivity index (χ0v) is 19.0. The van der Waals surface area contributed by atoms with Crippen molar-refractivity contribution in [2.75, 3.05) is 63.0 Å². The van der Waals surface area contributed by atoms with Gasteiger partial charge in [-0.05, 0) is 56.5 Å². The Bertz CT molecular complexity index is 858. The third-order valence-corrected chi connectivity index (χ3v) is 5.92. The van der Waals surface area contributed by atoms with E-state index in [0.717, 1.165) is 74.8 Å². The van der Waals surface area contributed by atoms with E-state index in [4.69, 9.17) is 4.98 Å². The maximum Gasteiger partial charge on any atom is 0.0730 e. The van der Waals surface area contributed by atoms with Crippen molar-refractivity contribution < 1.29 is 0 Å². The van der Waals surface area contributed by atoms with E-state index in [1.807, 2.05) is 0 Å². The standard InChI is InChI=1S/C25H37N5/c1-5-29(6-2)15-13-26-22-11-9-20-17-21-10-12-23(19-25(21)28-24(20)18-22)27-14-16-30(7-3)8-4/h9-12,17-19,26-27H,5-8,13-16H2,1-4H3. The van der Waals surface area contributed by atoms with Crippen molar-refractivity contribution >= 4 is 33.2 Å². The molecule has 0 spiro atoms. The second-order valence-electron chi connectivity index (χ2n) is 7.71. The number of nitrogens with zero attached hydrogens (tertiary/aromatic N) is 3. The minimum atomic E-state index is 0.946. The molecule has 0 radical (unpaired) electrons. The van der Waals surface area contributed by atoms with Crippen molar-refractivity contribution in [1.82, 2.24) is 14.8 Å². The van der Waals surface area contributed by atoms with Crippen LogP contribution in [0.4, 0.5) is 11.4 Å². The van der Waals surface area contributed by atoms with E-state index in [9.17, 15) is 0 Å². The lowest BCUT2D eigenvalue weighted by atomic mass is 10.1. The van der Waals surface area contributed by atoms with E-state index in [0.29, 0.717) is 0 Å². The smallest absolute Gasteiger partial charge is 0.0730 e. The molecule has 0 bridgehead atoms. The fourth-order valence-electron chi connectivity index (χ4n) is 3.84. The molecule has 0 aliphatic heterocycles. The molecular formula is C25H37N5. The summed E-state index contributed by atoms with van der Waals surface area (Å²) < 4.78 is 0. The van der Waals surface area contributed by atoms with Gasteiger partial charge in [-0.2, -0.15) is 0 Å². The largest absolute Gasteiger partial charge is 0.384 e. The molecule has 3 aromatic rings. The molecular weight excluding hydrogens is 370 g/mol. The van der Waals surface area contributed by atoms with Crippen LogP contribution in [0.2, 0.25) is 0 Å². The van der Waals surface area contributed by atoms with Crippen LogP contribution in [0, 0.1) is 0 Å². The number of hydrogen-bond acceptors (Lipinski definition) is 5. The van der Waals surface area contributed by atoms with E-state index in [1.54, 1.807) is 0 Å². The van der Waals surface area contributed by atoms with Crippen LogP contribution in [-0.2, 0) is 0 Å². The zero-order chi connectivity index (χ0) is 21.3. The Kier molecular flexibility index (Phi) is 8.29. The summed E-state index contributed by atoms with van der Waals surface area (Å²) in [5.41, 5.74) is 4.34. The van der Waals surface area contributed by atoms with E-state index in [1.165, 1.54) is 10.8 Å². The van der Waals surface area contributed by atoms with Crippen molar-refractivity contribution in [3.8, 4) is 0 Å². The molecule has 0 saturated heterocycles. The van der Waals surface area contributed by atoms with Crippen molar-refractivity contribution in [3.63, 3.8) is 0 Å². The number of nitrogens with one attached hydrogen (secondary N) is 2. The summed E-state index contributed by atoms with van der Waals surface area (Å²) in [5.74, 6) is 0. The molecule has 0 saturated carbocycles. The molecule has 0 unspecified atom stereocenters. The van der Waals surface area contributed by atoms with E-state index < -0.39 is 0 Å². The number of fused-ring (bicyclic) bond motifs is 2. The topological polar surface area (TPSA) is 43.4 Å². The number of hydrogen-bond donors (Lipinski definition) is 2. The second-order valence-corrected chi connectivity index (χ2v) is 7.71. The summed E-state index contributed by atoms with van der Waals surface area (Å²) in [6.07, 6.45) is 0. The Hall–Kier alpha value is -2.37. The fraction of sp³-hybridized carbons (Fsp3) is 0.480. The number of pyridine rings is 1. The van der Waals surface area contributed by atoms with E-state index in [-0.39, 0.29) is 0 Å². The summed E-state index contributed by atoms with van der Waals surface area (Å²) in [6, 6.07) is 15.2. The lowest BCUT2D eigenvalue weighted by molar-refractivity contribution is 0.316. The molecule has 5 heteroatoms. The number of likely N-dealkylation sites (N-methyl/N-ethyl adjacent to an activating group) is 2. The van der Waals surface area contributed by atoms with Gasteiger partial charge in [0.2, 0.25) is 0 Å². The van der Waals surface area contributed by atoms with Crippen LogP contribution in [-0.4, -0.2) is 67.1 Å². The third kappa shape index (κ3) is 5.83. The summed E-state index contributed by atoms with van der Waals surface area (Å²) in [5, 5.41) is 9.45. The van der Waals surface area contributed by atoms with Crippen molar-refractivity contribution in [1.29, 1.82) is 0 Å². The van der Waals surface area contributed by atoms with Crippen molar-refractivity contribution in [2.24, 2.45) is 0 Å². The molecule has 2 N–H and O–H groups in total. The van der Waals surface area contributed by atoms with Crippen LogP contribution in [0.5, 0.6) is 0 Å². The molecule has 1 heterocycles. The number of rotatable bonds is 12. The van der Waals surface area contributed by atoms with Crippen LogP contribution >= 0.6 is 0 Å². The first-order valence-corrected chi connectivity index (χ1v) is 11.4. The monoisotopic (exact) mass is 407 g/mol. The molecule has 162 valence electrons. The summed E-state index contributed by atoms with van der Waals surface area (Å²) >= 11 is 0. The van der Waals surface area contributed by atoms with Gasteiger partial charge in [0.1, 0.15) is 0 Å².